The van der Waals surface area contributed by atoms with Gasteiger partial charge in [-0.2, -0.15) is 0 Å². The largest absolute Gasteiger partial charge is 0.394 e. The molecule has 0 saturated carbocycles. The van der Waals surface area contributed by atoms with Gasteiger partial charge in [-0.1, -0.05) is 30.3 Å². The first-order chi connectivity index (χ1) is 9.67. The van der Waals surface area contributed by atoms with Gasteiger partial charge in [0.05, 0.1) is 16.8 Å². The van der Waals surface area contributed by atoms with Gasteiger partial charge in [0, 0.05) is 11.3 Å². The summed E-state index contributed by atoms with van der Waals surface area (Å²) in [7, 11) is 1.91. The van der Waals surface area contributed by atoms with Crippen molar-refractivity contribution >= 4 is 33.3 Å². The predicted octanol–water partition coefficient (Wildman–Crippen LogP) is 3.53. The molecule has 0 aliphatic heterocycles. The Kier molecular flexibility index (Phi) is 5.84. The molecule has 20 heavy (non-hydrogen) atoms. The zero-order chi connectivity index (χ0) is 14.4. The second-order valence-electron chi connectivity index (χ2n) is 5.22. The molecule has 1 unspecified atom stereocenters. The minimum Gasteiger partial charge on any atom is -0.394 e. The van der Waals surface area contributed by atoms with Crippen LogP contribution in [-0.2, 0) is 0 Å². The summed E-state index contributed by atoms with van der Waals surface area (Å²) < 4.78 is 2.42. The van der Waals surface area contributed by atoms with E-state index >= 15 is 0 Å². The van der Waals surface area contributed by atoms with Crippen molar-refractivity contribution in [1.82, 2.24) is 10.3 Å². The second-order valence-corrected chi connectivity index (χ2v) is 7.59. The molecule has 0 fully saturated rings. The molecule has 2 aromatic rings. The number of benzene rings is 1. The number of hydrogen-bond acceptors (Lipinski definition) is 5. The maximum atomic E-state index is 9.32. The lowest BCUT2D eigenvalue weighted by atomic mass is 9.96. The summed E-state index contributed by atoms with van der Waals surface area (Å²) in [5.41, 5.74) is 0.962. The van der Waals surface area contributed by atoms with E-state index in [-0.39, 0.29) is 12.1 Å². The van der Waals surface area contributed by atoms with Crippen molar-refractivity contribution in [2.75, 3.05) is 19.4 Å². The Labute approximate surface area is 128 Å². The predicted molar refractivity (Wildman–Crippen MR) is 88.7 cm³/mol. The Morgan fingerprint density at radius 2 is 2.15 bits per heavy atom. The maximum Gasteiger partial charge on any atom is 0.151 e. The van der Waals surface area contributed by atoms with E-state index in [0.29, 0.717) is 0 Å². The third kappa shape index (κ3) is 4.19. The molecule has 0 saturated heterocycles. The molecule has 5 heteroatoms. The monoisotopic (exact) mass is 310 g/mol. The third-order valence-electron chi connectivity index (χ3n) is 3.58. The lowest BCUT2D eigenvalue weighted by Crippen LogP contribution is -2.43. The van der Waals surface area contributed by atoms with E-state index in [4.69, 9.17) is 0 Å². The van der Waals surface area contributed by atoms with Crippen LogP contribution in [0, 0.1) is 0 Å². The van der Waals surface area contributed by atoms with E-state index in [9.17, 15) is 5.11 Å². The van der Waals surface area contributed by atoms with Gasteiger partial charge < -0.3 is 10.4 Å². The number of aliphatic hydroxyl groups is 1. The molecule has 0 radical (unpaired) electrons. The SMILES string of the molecule is CNC(C)(CO)CCCCSc1nc2ccccc2s1. The topological polar surface area (TPSA) is 45.1 Å². The van der Waals surface area contributed by atoms with Gasteiger partial charge >= 0.3 is 0 Å². The number of aliphatic hydroxyl groups excluding tert-OH is 1. The minimum atomic E-state index is -0.138. The van der Waals surface area contributed by atoms with Crippen LogP contribution in [0.1, 0.15) is 26.2 Å². The molecule has 1 heterocycles. The van der Waals surface area contributed by atoms with Crippen LogP contribution in [0.15, 0.2) is 28.6 Å². The number of aromatic nitrogens is 1. The Hall–Kier alpha value is -0.620. The van der Waals surface area contributed by atoms with Crippen LogP contribution >= 0.6 is 23.1 Å². The standard InChI is InChI=1S/C15H22N2OS2/c1-15(11-18,16-2)9-5-6-10-19-14-17-12-7-3-4-8-13(12)20-14/h3-4,7-8,16,18H,5-6,9-11H2,1-2H3. The number of rotatable bonds is 8. The molecule has 3 nitrogen and oxygen atoms in total. The number of para-hydroxylation sites is 1. The van der Waals surface area contributed by atoms with Crippen LogP contribution in [0.2, 0.25) is 0 Å². The summed E-state index contributed by atoms with van der Waals surface area (Å²) in [6, 6.07) is 8.28. The van der Waals surface area contributed by atoms with Crippen LogP contribution in [0.25, 0.3) is 10.2 Å². The lowest BCUT2D eigenvalue weighted by molar-refractivity contribution is 0.171. The molecule has 0 bridgehead atoms. The van der Waals surface area contributed by atoms with Gasteiger partial charge in [-0.3, -0.25) is 0 Å². The molecular formula is C15H22N2OS2. The summed E-state index contributed by atoms with van der Waals surface area (Å²) >= 11 is 3.61. The molecule has 2 rings (SSSR count). The molecule has 2 N–H and O–H groups in total. The minimum absolute atomic E-state index is 0.138. The average Bonchev–Trinajstić information content (AvgIpc) is 2.89. The number of unbranched alkanes of at least 4 members (excludes halogenated alkanes) is 1. The summed E-state index contributed by atoms with van der Waals surface area (Å²) in [6.45, 7) is 2.25. The fourth-order valence-corrected chi connectivity index (χ4v) is 4.11. The molecule has 110 valence electrons. The highest BCUT2D eigenvalue weighted by Gasteiger charge is 2.19. The first kappa shape index (κ1) is 15.8. The van der Waals surface area contributed by atoms with E-state index in [0.717, 1.165) is 34.9 Å². The second kappa shape index (κ2) is 7.41. The quantitative estimate of drug-likeness (QED) is 0.578. The van der Waals surface area contributed by atoms with E-state index in [1.54, 1.807) is 11.3 Å². The number of thiazole rings is 1. The number of fused-ring (bicyclic) bond motifs is 1. The van der Waals surface area contributed by atoms with E-state index in [1.807, 2.05) is 24.9 Å². The Morgan fingerprint density at radius 1 is 1.35 bits per heavy atom. The molecular weight excluding hydrogens is 288 g/mol. The van der Waals surface area contributed by atoms with Gasteiger partial charge in [-0.15, -0.1) is 11.3 Å². The van der Waals surface area contributed by atoms with Crippen molar-refractivity contribution in [1.29, 1.82) is 0 Å². The molecule has 0 amide bonds. The highest BCUT2D eigenvalue weighted by atomic mass is 32.2. The Balaban J connectivity index is 1.73. The number of nitrogens with one attached hydrogen (secondary N) is 1. The zero-order valence-electron chi connectivity index (χ0n) is 12.1. The molecule has 0 aliphatic carbocycles. The van der Waals surface area contributed by atoms with Crippen LogP contribution < -0.4 is 5.32 Å². The van der Waals surface area contributed by atoms with Gasteiger partial charge in [-0.05, 0) is 38.9 Å². The van der Waals surface area contributed by atoms with Crippen LogP contribution in [0.3, 0.4) is 0 Å². The number of nitrogens with zero attached hydrogens (tertiary/aromatic N) is 1. The van der Waals surface area contributed by atoms with E-state index in [1.165, 1.54) is 4.70 Å². The van der Waals surface area contributed by atoms with Crippen molar-refractivity contribution in [3.63, 3.8) is 0 Å². The molecule has 1 aromatic carbocycles. The molecule has 1 aromatic heterocycles. The van der Waals surface area contributed by atoms with Crippen LogP contribution in [-0.4, -0.2) is 35.0 Å². The third-order valence-corrected chi connectivity index (χ3v) is 5.84. The maximum absolute atomic E-state index is 9.32. The average molecular weight is 310 g/mol. The van der Waals surface area contributed by atoms with Gasteiger partial charge in [0.15, 0.2) is 4.34 Å². The smallest absolute Gasteiger partial charge is 0.151 e. The van der Waals surface area contributed by atoms with Crippen LogP contribution in [0.4, 0.5) is 0 Å². The normalized spacial score (nSPS) is 14.6. The van der Waals surface area contributed by atoms with Gasteiger partial charge in [-0.25, -0.2) is 4.98 Å². The molecule has 0 aliphatic rings. The Morgan fingerprint density at radius 3 is 2.85 bits per heavy atom. The van der Waals surface area contributed by atoms with Crippen molar-refractivity contribution in [2.45, 2.75) is 36.1 Å². The van der Waals surface area contributed by atoms with Crippen molar-refractivity contribution in [2.24, 2.45) is 0 Å². The number of likely N-dealkylation sites (N-methyl/N-ethyl adjacent to an activating group) is 1. The number of hydrogen-bond donors (Lipinski definition) is 2. The number of thioether (sulfide) groups is 1. The zero-order valence-corrected chi connectivity index (χ0v) is 13.7. The van der Waals surface area contributed by atoms with Gasteiger partial charge in [0.1, 0.15) is 0 Å². The van der Waals surface area contributed by atoms with Gasteiger partial charge in [0.25, 0.3) is 0 Å². The van der Waals surface area contributed by atoms with Crippen molar-refractivity contribution < 1.29 is 5.11 Å². The van der Waals surface area contributed by atoms with E-state index < -0.39 is 0 Å². The fourth-order valence-electron chi connectivity index (χ4n) is 1.97. The molecule has 0 spiro atoms. The summed E-state index contributed by atoms with van der Waals surface area (Å²) in [4.78, 5) is 4.62. The highest BCUT2D eigenvalue weighted by molar-refractivity contribution is 8.01. The lowest BCUT2D eigenvalue weighted by Gasteiger charge is -2.26. The fraction of sp³-hybridized carbons (Fsp3) is 0.533. The van der Waals surface area contributed by atoms with Crippen molar-refractivity contribution in [3.05, 3.63) is 24.3 Å². The summed E-state index contributed by atoms with van der Waals surface area (Å²) in [6.07, 6.45) is 3.27. The van der Waals surface area contributed by atoms with Gasteiger partial charge in [0.2, 0.25) is 0 Å². The highest BCUT2D eigenvalue weighted by Crippen LogP contribution is 2.30. The first-order valence-corrected chi connectivity index (χ1v) is 8.75. The van der Waals surface area contributed by atoms with E-state index in [2.05, 4.69) is 35.4 Å². The summed E-state index contributed by atoms with van der Waals surface area (Å²) in [5, 5.41) is 12.5. The summed E-state index contributed by atoms with van der Waals surface area (Å²) in [5.74, 6) is 1.09. The van der Waals surface area contributed by atoms with Crippen LogP contribution in [0.5, 0.6) is 0 Å². The first-order valence-electron chi connectivity index (χ1n) is 6.95. The molecule has 1 atom stereocenters. The van der Waals surface area contributed by atoms with Crippen molar-refractivity contribution in [3.8, 4) is 0 Å². The Bertz CT molecular complexity index is 504.